The first kappa shape index (κ1) is 14.0. The molecule has 1 aliphatic carbocycles. The van der Waals surface area contributed by atoms with E-state index >= 15 is 0 Å². The molecule has 1 aliphatic rings. The molecule has 1 amide bonds. The van der Waals surface area contributed by atoms with Gasteiger partial charge in [-0.2, -0.15) is 0 Å². The van der Waals surface area contributed by atoms with E-state index in [-0.39, 0.29) is 17.6 Å². The molecule has 104 valence electrons. The Labute approximate surface area is 113 Å². The highest BCUT2D eigenvalue weighted by molar-refractivity contribution is 5.79. The molecule has 2 rings (SSSR count). The maximum Gasteiger partial charge on any atom is 0.226 e. The number of carbonyl (C=O) groups is 1. The number of nitrogens with zero attached hydrogens (tertiary/aromatic N) is 1. The molecule has 1 fully saturated rings. The minimum absolute atomic E-state index is 0.0652. The molecule has 19 heavy (non-hydrogen) atoms. The van der Waals surface area contributed by atoms with Gasteiger partial charge >= 0.3 is 0 Å². The first-order valence-electron chi connectivity index (χ1n) is 6.81. The van der Waals surface area contributed by atoms with Crippen LogP contribution in [0.25, 0.3) is 0 Å². The van der Waals surface area contributed by atoms with Crippen molar-refractivity contribution in [1.82, 2.24) is 4.90 Å². The molecular weight excluding hydrogens is 243 g/mol. The first-order valence-corrected chi connectivity index (χ1v) is 6.81. The van der Waals surface area contributed by atoms with Gasteiger partial charge in [0.1, 0.15) is 5.82 Å². The van der Waals surface area contributed by atoms with Gasteiger partial charge in [-0.1, -0.05) is 18.6 Å². The van der Waals surface area contributed by atoms with E-state index in [2.05, 4.69) is 0 Å². The van der Waals surface area contributed by atoms with Crippen LogP contribution < -0.4 is 5.73 Å². The second-order valence-corrected chi connectivity index (χ2v) is 5.35. The summed E-state index contributed by atoms with van der Waals surface area (Å²) in [4.78, 5) is 14.1. The molecular formula is C15H21FN2O. The number of carbonyl (C=O) groups excluding carboxylic acids is 1. The average Bonchev–Trinajstić information content (AvgIpc) is 2.88. The summed E-state index contributed by atoms with van der Waals surface area (Å²) in [5, 5.41) is 0. The summed E-state index contributed by atoms with van der Waals surface area (Å²) < 4.78 is 12.8. The van der Waals surface area contributed by atoms with Gasteiger partial charge in [0.15, 0.2) is 0 Å². The number of nitrogens with two attached hydrogens (primary N) is 1. The molecule has 2 atom stereocenters. The third-order valence-corrected chi connectivity index (χ3v) is 3.99. The fourth-order valence-corrected chi connectivity index (χ4v) is 2.87. The van der Waals surface area contributed by atoms with E-state index in [0.717, 1.165) is 24.8 Å². The van der Waals surface area contributed by atoms with Gasteiger partial charge in [0, 0.05) is 19.5 Å². The SMILES string of the molecule is CN(Cc1ccc(F)cc1)C(=O)[C@@H]1CCC[C@@H]1CN. The van der Waals surface area contributed by atoms with Crippen LogP contribution in [0.15, 0.2) is 24.3 Å². The zero-order valence-electron chi connectivity index (χ0n) is 11.3. The number of rotatable bonds is 4. The third-order valence-electron chi connectivity index (χ3n) is 3.99. The molecule has 3 nitrogen and oxygen atoms in total. The molecule has 0 aliphatic heterocycles. The maximum absolute atomic E-state index is 12.8. The highest BCUT2D eigenvalue weighted by atomic mass is 19.1. The van der Waals surface area contributed by atoms with E-state index in [9.17, 15) is 9.18 Å². The Morgan fingerprint density at radius 2 is 2.05 bits per heavy atom. The molecule has 0 unspecified atom stereocenters. The van der Waals surface area contributed by atoms with Gasteiger partial charge in [-0.15, -0.1) is 0 Å². The van der Waals surface area contributed by atoms with E-state index in [4.69, 9.17) is 5.73 Å². The van der Waals surface area contributed by atoms with Crippen LogP contribution in [-0.2, 0) is 11.3 Å². The summed E-state index contributed by atoms with van der Waals surface area (Å²) in [6.45, 7) is 1.10. The van der Waals surface area contributed by atoms with Crippen molar-refractivity contribution in [1.29, 1.82) is 0 Å². The number of amides is 1. The highest BCUT2D eigenvalue weighted by Crippen LogP contribution is 2.32. The van der Waals surface area contributed by atoms with Crippen LogP contribution >= 0.6 is 0 Å². The number of halogens is 1. The Bertz CT molecular complexity index is 432. The van der Waals surface area contributed by atoms with Crippen LogP contribution in [0, 0.1) is 17.7 Å². The summed E-state index contributed by atoms with van der Waals surface area (Å²) in [7, 11) is 1.80. The van der Waals surface area contributed by atoms with E-state index < -0.39 is 0 Å². The first-order chi connectivity index (χ1) is 9.11. The van der Waals surface area contributed by atoms with Crippen LogP contribution in [0.5, 0.6) is 0 Å². The van der Waals surface area contributed by atoms with Gasteiger partial charge in [-0.3, -0.25) is 4.79 Å². The summed E-state index contributed by atoms with van der Waals surface area (Å²) >= 11 is 0. The molecule has 0 aromatic heterocycles. The lowest BCUT2D eigenvalue weighted by molar-refractivity contribution is -0.135. The number of benzene rings is 1. The van der Waals surface area contributed by atoms with Gasteiger partial charge in [0.2, 0.25) is 5.91 Å². The fourth-order valence-electron chi connectivity index (χ4n) is 2.87. The highest BCUT2D eigenvalue weighted by Gasteiger charge is 2.33. The molecule has 4 heteroatoms. The van der Waals surface area contributed by atoms with Crippen molar-refractivity contribution in [2.75, 3.05) is 13.6 Å². The molecule has 2 N–H and O–H groups in total. The van der Waals surface area contributed by atoms with E-state index in [1.54, 1.807) is 24.1 Å². The summed E-state index contributed by atoms with van der Waals surface area (Å²) in [5.74, 6) is 0.299. The van der Waals surface area contributed by atoms with Crippen LogP contribution in [-0.4, -0.2) is 24.4 Å². The number of hydrogen-bond donors (Lipinski definition) is 1. The predicted molar refractivity (Wildman–Crippen MR) is 72.8 cm³/mol. The normalized spacial score (nSPS) is 22.5. The second-order valence-electron chi connectivity index (χ2n) is 5.35. The third kappa shape index (κ3) is 3.32. The van der Waals surface area contributed by atoms with Crippen molar-refractivity contribution in [3.8, 4) is 0 Å². The van der Waals surface area contributed by atoms with Crippen LogP contribution in [0.3, 0.4) is 0 Å². The Balaban J connectivity index is 1.97. The minimum Gasteiger partial charge on any atom is -0.341 e. The number of hydrogen-bond acceptors (Lipinski definition) is 2. The van der Waals surface area contributed by atoms with Gasteiger partial charge in [-0.05, 0) is 43.0 Å². The Morgan fingerprint density at radius 1 is 1.37 bits per heavy atom. The van der Waals surface area contributed by atoms with Crippen molar-refractivity contribution in [3.05, 3.63) is 35.6 Å². The van der Waals surface area contributed by atoms with Crippen LogP contribution in [0.4, 0.5) is 4.39 Å². The van der Waals surface area contributed by atoms with Gasteiger partial charge in [-0.25, -0.2) is 4.39 Å². The van der Waals surface area contributed by atoms with Crippen molar-refractivity contribution in [2.24, 2.45) is 17.6 Å². The Hall–Kier alpha value is -1.42. The van der Waals surface area contributed by atoms with Crippen LogP contribution in [0.2, 0.25) is 0 Å². The van der Waals surface area contributed by atoms with Crippen molar-refractivity contribution < 1.29 is 9.18 Å². The summed E-state index contributed by atoms with van der Waals surface area (Å²) in [5.41, 5.74) is 6.66. The largest absolute Gasteiger partial charge is 0.341 e. The monoisotopic (exact) mass is 264 g/mol. The minimum atomic E-state index is -0.253. The van der Waals surface area contributed by atoms with E-state index in [1.807, 2.05) is 0 Å². The van der Waals surface area contributed by atoms with Gasteiger partial charge in [0.25, 0.3) is 0 Å². The topological polar surface area (TPSA) is 46.3 Å². The Morgan fingerprint density at radius 3 is 2.68 bits per heavy atom. The smallest absolute Gasteiger partial charge is 0.226 e. The van der Waals surface area contributed by atoms with Gasteiger partial charge < -0.3 is 10.6 Å². The molecule has 0 spiro atoms. The molecule has 0 radical (unpaired) electrons. The van der Waals surface area contributed by atoms with Crippen molar-refractivity contribution in [2.45, 2.75) is 25.8 Å². The predicted octanol–water partition coefficient (Wildman–Crippen LogP) is 2.16. The molecule has 1 aromatic carbocycles. The quantitative estimate of drug-likeness (QED) is 0.906. The Kier molecular flexibility index (Phi) is 4.53. The standard InChI is InChI=1S/C15H21FN2O/c1-18(10-11-5-7-13(16)8-6-11)15(19)14-4-2-3-12(14)9-17/h5-8,12,14H,2-4,9-10,17H2,1H3/t12-,14-/m1/s1. The van der Waals surface area contributed by atoms with Crippen LogP contribution in [0.1, 0.15) is 24.8 Å². The summed E-state index contributed by atoms with van der Waals surface area (Å²) in [6.07, 6.45) is 3.08. The lowest BCUT2D eigenvalue weighted by Crippen LogP contribution is -2.36. The van der Waals surface area contributed by atoms with E-state index in [0.29, 0.717) is 19.0 Å². The molecule has 1 aromatic rings. The van der Waals surface area contributed by atoms with Crippen molar-refractivity contribution >= 4 is 5.91 Å². The molecule has 0 saturated heterocycles. The lowest BCUT2D eigenvalue weighted by Gasteiger charge is -2.24. The fraction of sp³-hybridized carbons (Fsp3) is 0.533. The van der Waals surface area contributed by atoms with Gasteiger partial charge in [0.05, 0.1) is 0 Å². The maximum atomic E-state index is 12.8. The van der Waals surface area contributed by atoms with Crippen molar-refractivity contribution in [3.63, 3.8) is 0 Å². The van der Waals surface area contributed by atoms with E-state index in [1.165, 1.54) is 12.1 Å². The molecule has 0 heterocycles. The zero-order valence-corrected chi connectivity index (χ0v) is 11.3. The summed E-state index contributed by atoms with van der Waals surface area (Å²) in [6, 6.07) is 6.28. The lowest BCUT2D eigenvalue weighted by atomic mass is 9.95. The zero-order chi connectivity index (χ0) is 13.8. The molecule has 1 saturated carbocycles. The second kappa shape index (κ2) is 6.15. The molecule has 0 bridgehead atoms. The average molecular weight is 264 g/mol.